The second kappa shape index (κ2) is 8.65. The highest BCUT2D eigenvalue weighted by molar-refractivity contribution is 5.88. The lowest BCUT2D eigenvalue weighted by Gasteiger charge is -2.21. The predicted molar refractivity (Wildman–Crippen MR) is 95.5 cm³/mol. The van der Waals surface area contributed by atoms with E-state index in [0.29, 0.717) is 17.5 Å². The van der Waals surface area contributed by atoms with Gasteiger partial charge in [-0.1, -0.05) is 19.8 Å². The molecule has 1 unspecified atom stereocenters. The number of hydrogen-bond donors (Lipinski definition) is 2. The fraction of sp³-hybridized carbons (Fsp3) is 0.611. The van der Waals surface area contributed by atoms with Crippen LogP contribution in [0.2, 0.25) is 0 Å². The number of rotatable bonds is 7. The van der Waals surface area contributed by atoms with E-state index in [9.17, 15) is 4.79 Å². The van der Waals surface area contributed by atoms with Crippen molar-refractivity contribution < 1.29 is 14.3 Å². The van der Waals surface area contributed by atoms with Gasteiger partial charge in [0.2, 0.25) is 0 Å². The first-order chi connectivity index (χ1) is 10.7. The summed E-state index contributed by atoms with van der Waals surface area (Å²) in [5.41, 5.74) is 0.997. The number of hydrogen-bond acceptors (Lipinski definition) is 4. The molecule has 1 aromatic carbocycles. The average molecular weight is 322 g/mol. The Bertz CT molecular complexity index is 509. The summed E-state index contributed by atoms with van der Waals surface area (Å²) in [5.74, 6) is 0.600. The third kappa shape index (κ3) is 7.26. The summed E-state index contributed by atoms with van der Waals surface area (Å²) in [5, 5.41) is 6.19. The number of nitrogens with one attached hydrogen (secondary N) is 2. The molecule has 0 saturated carbocycles. The lowest BCUT2D eigenvalue weighted by Crippen LogP contribution is -2.27. The molecule has 130 valence electrons. The van der Waals surface area contributed by atoms with E-state index in [2.05, 4.69) is 24.5 Å². The minimum absolute atomic E-state index is 0.373. The van der Waals surface area contributed by atoms with E-state index in [0.717, 1.165) is 12.1 Å². The van der Waals surface area contributed by atoms with Gasteiger partial charge < -0.3 is 14.8 Å². The topological polar surface area (TPSA) is 59.6 Å². The van der Waals surface area contributed by atoms with Crippen LogP contribution in [0, 0.1) is 0 Å². The smallest absolute Gasteiger partial charge is 0.412 e. The van der Waals surface area contributed by atoms with E-state index < -0.39 is 11.7 Å². The fourth-order valence-electron chi connectivity index (χ4n) is 2.18. The van der Waals surface area contributed by atoms with Crippen molar-refractivity contribution in [2.24, 2.45) is 0 Å². The van der Waals surface area contributed by atoms with Crippen LogP contribution >= 0.6 is 0 Å². The molecule has 0 bridgehead atoms. The summed E-state index contributed by atoms with van der Waals surface area (Å²) in [7, 11) is 1.58. The molecule has 1 rings (SSSR count). The van der Waals surface area contributed by atoms with Gasteiger partial charge in [-0.05, 0) is 52.3 Å². The number of benzene rings is 1. The van der Waals surface area contributed by atoms with Crippen LogP contribution in [-0.2, 0) is 4.74 Å². The van der Waals surface area contributed by atoms with E-state index in [1.165, 1.54) is 12.8 Å². The van der Waals surface area contributed by atoms with Gasteiger partial charge in [-0.2, -0.15) is 0 Å². The second-order valence-corrected chi connectivity index (χ2v) is 6.73. The van der Waals surface area contributed by atoms with Crippen molar-refractivity contribution in [2.75, 3.05) is 17.7 Å². The van der Waals surface area contributed by atoms with Crippen molar-refractivity contribution in [3.63, 3.8) is 0 Å². The van der Waals surface area contributed by atoms with Crippen molar-refractivity contribution in [1.29, 1.82) is 0 Å². The van der Waals surface area contributed by atoms with Crippen LogP contribution in [0.4, 0.5) is 16.2 Å². The minimum Gasteiger partial charge on any atom is -0.495 e. The third-order valence-corrected chi connectivity index (χ3v) is 3.24. The van der Waals surface area contributed by atoms with Gasteiger partial charge in [0.25, 0.3) is 0 Å². The summed E-state index contributed by atoms with van der Waals surface area (Å²) in [6.07, 6.45) is 2.98. The van der Waals surface area contributed by atoms with Gasteiger partial charge in [0.05, 0.1) is 12.8 Å². The molecule has 0 aliphatic carbocycles. The maximum absolute atomic E-state index is 12.0. The van der Waals surface area contributed by atoms with E-state index in [1.807, 2.05) is 39.0 Å². The molecule has 0 fully saturated rings. The molecule has 0 aliphatic rings. The summed E-state index contributed by atoms with van der Waals surface area (Å²) >= 11 is 0. The number of unbranched alkanes of at least 4 members (excludes halogenated alkanes) is 1. The molecule has 5 heteroatoms. The number of amides is 1. The lowest BCUT2D eigenvalue weighted by molar-refractivity contribution is 0.0635. The van der Waals surface area contributed by atoms with Crippen molar-refractivity contribution >= 4 is 17.5 Å². The Morgan fingerprint density at radius 3 is 2.57 bits per heavy atom. The van der Waals surface area contributed by atoms with Crippen molar-refractivity contribution in [2.45, 2.75) is 65.5 Å². The van der Waals surface area contributed by atoms with Gasteiger partial charge in [-0.15, -0.1) is 0 Å². The van der Waals surface area contributed by atoms with Gasteiger partial charge in [-0.25, -0.2) is 4.79 Å². The summed E-state index contributed by atoms with van der Waals surface area (Å²) in [4.78, 5) is 12.0. The lowest BCUT2D eigenvalue weighted by atomic mass is 10.1. The molecule has 0 heterocycles. The molecule has 5 nitrogen and oxygen atoms in total. The Morgan fingerprint density at radius 1 is 1.30 bits per heavy atom. The first kappa shape index (κ1) is 19.1. The zero-order valence-electron chi connectivity index (χ0n) is 15.2. The molecule has 1 atom stereocenters. The number of anilines is 2. The Morgan fingerprint density at radius 2 is 2.00 bits per heavy atom. The number of carbonyl (C=O) groups is 1. The molecular formula is C18H30N2O3. The molecule has 1 amide bonds. The van der Waals surface area contributed by atoms with Crippen molar-refractivity contribution in [1.82, 2.24) is 0 Å². The number of ether oxygens (including phenoxy) is 2. The molecule has 0 radical (unpaired) electrons. The van der Waals surface area contributed by atoms with E-state index in [-0.39, 0.29) is 0 Å². The first-order valence-electron chi connectivity index (χ1n) is 8.19. The molecule has 0 aliphatic heterocycles. The quantitative estimate of drug-likeness (QED) is 0.739. The molecule has 0 spiro atoms. The maximum atomic E-state index is 12.0. The number of methoxy groups -OCH3 is 1. The van der Waals surface area contributed by atoms with Gasteiger partial charge in [0.1, 0.15) is 11.4 Å². The number of carbonyl (C=O) groups excluding carboxylic acids is 1. The highest BCUT2D eigenvalue weighted by Crippen LogP contribution is 2.29. The van der Waals surface area contributed by atoms with Gasteiger partial charge >= 0.3 is 6.09 Å². The van der Waals surface area contributed by atoms with Crippen LogP contribution in [0.25, 0.3) is 0 Å². The standard InChI is InChI=1S/C18H30N2O3/c1-7-8-9-13(2)19-14-10-11-16(22-6)15(12-14)20-17(21)23-18(3,4)5/h10-13,19H,7-9H2,1-6H3,(H,20,21). The normalized spacial score (nSPS) is 12.4. The summed E-state index contributed by atoms with van der Waals surface area (Å²) < 4.78 is 10.6. The van der Waals surface area contributed by atoms with E-state index in [1.54, 1.807) is 7.11 Å². The zero-order chi connectivity index (χ0) is 17.5. The highest BCUT2D eigenvalue weighted by atomic mass is 16.6. The van der Waals surface area contributed by atoms with Crippen molar-refractivity contribution in [3.05, 3.63) is 18.2 Å². The molecule has 1 aromatic rings. The van der Waals surface area contributed by atoms with Gasteiger partial charge in [0.15, 0.2) is 0 Å². The molecule has 0 saturated heterocycles. The minimum atomic E-state index is -0.540. The maximum Gasteiger partial charge on any atom is 0.412 e. The van der Waals surface area contributed by atoms with Crippen LogP contribution in [0.5, 0.6) is 5.75 Å². The monoisotopic (exact) mass is 322 g/mol. The van der Waals surface area contributed by atoms with Crippen LogP contribution in [0.15, 0.2) is 18.2 Å². The van der Waals surface area contributed by atoms with Crippen LogP contribution in [0.3, 0.4) is 0 Å². The zero-order valence-corrected chi connectivity index (χ0v) is 15.2. The Kier molecular flexibility index (Phi) is 7.20. The molecule has 0 aromatic heterocycles. The van der Waals surface area contributed by atoms with Crippen molar-refractivity contribution in [3.8, 4) is 5.75 Å². The molecule has 23 heavy (non-hydrogen) atoms. The van der Waals surface area contributed by atoms with Gasteiger partial charge in [0, 0.05) is 11.7 Å². The second-order valence-electron chi connectivity index (χ2n) is 6.73. The summed E-state index contributed by atoms with van der Waals surface area (Å²) in [6, 6.07) is 6.02. The Hall–Kier alpha value is -1.91. The molecule has 2 N–H and O–H groups in total. The SMILES string of the molecule is CCCCC(C)Nc1ccc(OC)c(NC(=O)OC(C)(C)C)c1. The Balaban J connectivity index is 2.80. The average Bonchev–Trinajstić information content (AvgIpc) is 2.43. The first-order valence-corrected chi connectivity index (χ1v) is 8.19. The largest absolute Gasteiger partial charge is 0.495 e. The van der Waals surface area contributed by atoms with E-state index >= 15 is 0 Å². The molecular weight excluding hydrogens is 292 g/mol. The summed E-state index contributed by atoms with van der Waals surface area (Å²) in [6.45, 7) is 9.83. The highest BCUT2D eigenvalue weighted by Gasteiger charge is 2.18. The van der Waals surface area contributed by atoms with Gasteiger partial charge in [-0.3, -0.25) is 5.32 Å². The predicted octanol–water partition coefficient (Wildman–Crippen LogP) is 5.03. The third-order valence-electron chi connectivity index (χ3n) is 3.24. The Labute approximate surface area is 139 Å². The van der Waals surface area contributed by atoms with Crippen LogP contribution < -0.4 is 15.4 Å². The fourth-order valence-corrected chi connectivity index (χ4v) is 2.18. The van der Waals surface area contributed by atoms with Crippen LogP contribution in [0.1, 0.15) is 53.9 Å². The van der Waals surface area contributed by atoms with Crippen LogP contribution in [-0.4, -0.2) is 24.8 Å². The van der Waals surface area contributed by atoms with E-state index in [4.69, 9.17) is 9.47 Å².